The monoisotopic (exact) mass is 394 g/mol. The number of amides is 1. The zero-order valence-electron chi connectivity index (χ0n) is 16.7. The van der Waals surface area contributed by atoms with E-state index in [4.69, 9.17) is 9.47 Å². The maximum atomic E-state index is 13.0. The van der Waals surface area contributed by atoms with Crippen LogP contribution in [-0.2, 0) is 20.7 Å². The predicted octanol–water partition coefficient (Wildman–Crippen LogP) is 4.49. The van der Waals surface area contributed by atoms with Gasteiger partial charge in [0.2, 0.25) is 0 Å². The van der Waals surface area contributed by atoms with Crippen molar-refractivity contribution in [1.82, 2.24) is 9.88 Å². The molecule has 1 saturated carbocycles. The van der Waals surface area contributed by atoms with Gasteiger partial charge in [-0.25, -0.2) is 9.78 Å². The number of carbonyl (C=O) groups is 2. The van der Waals surface area contributed by atoms with E-state index in [9.17, 15) is 9.59 Å². The first-order valence-electron chi connectivity index (χ1n) is 9.81. The first kappa shape index (κ1) is 20.1. The van der Waals surface area contributed by atoms with Crippen LogP contribution in [0.25, 0.3) is 0 Å². The van der Waals surface area contributed by atoms with E-state index in [2.05, 4.69) is 4.98 Å². The molecule has 27 heavy (non-hydrogen) atoms. The lowest BCUT2D eigenvalue weighted by atomic mass is 9.85. The molecule has 1 aromatic rings. The summed E-state index contributed by atoms with van der Waals surface area (Å²) in [6.45, 7) is 5.72. The van der Waals surface area contributed by atoms with Crippen molar-refractivity contribution < 1.29 is 19.1 Å². The molecule has 2 fully saturated rings. The van der Waals surface area contributed by atoms with Gasteiger partial charge >= 0.3 is 12.1 Å². The quantitative estimate of drug-likeness (QED) is 0.704. The minimum absolute atomic E-state index is 0.0233. The Morgan fingerprint density at radius 3 is 2.74 bits per heavy atom. The number of ether oxygens (including phenoxy) is 2. The minimum atomic E-state index is -0.511. The molecule has 2 heterocycles. The molecule has 150 valence electrons. The van der Waals surface area contributed by atoms with Crippen LogP contribution in [0.5, 0.6) is 0 Å². The van der Waals surface area contributed by atoms with Crippen molar-refractivity contribution in [3.05, 3.63) is 16.1 Å². The van der Waals surface area contributed by atoms with Crippen molar-refractivity contribution in [1.29, 1.82) is 0 Å². The number of nitrogens with zero attached hydrogens (tertiary/aromatic N) is 2. The topological polar surface area (TPSA) is 68.7 Å². The smallest absolute Gasteiger partial charge is 0.411 e. The van der Waals surface area contributed by atoms with Crippen LogP contribution in [0, 0.1) is 5.92 Å². The SMILES string of the molecule is COC(=O)CCc1cnc([C@@H]2C[C@@H]3CCCC[C@@H]3N2C(=O)OC(C)(C)C)s1. The van der Waals surface area contributed by atoms with Gasteiger partial charge in [0.25, 0.3) is 0 Å². The lowest BCUT2D eigenvalue weighted by Gasteiger charge is -2.34. The summed E-state index contributed by atoms with van der Waals surface area (Å²) in [5.41, 5.74) is -0.511. The lowest BCUT2D eigenvalue weighted by molar-refractivity contribution is -0.140. The summed E-state index contributed by atoms with van der Waals surface area (Å²) in [7, 11) is 1.40. The van der Waals surface area contributed by atoms with Crippen LogP contribution in [0.1, 0.15) is 75.2 Å². The second kappa shape index (κ2) is 8.17. The van der Waals surface area contributed by atoms with Gasteiger partial charge < -0.3 is 9.47 Å². The van der Waals surface area contributed by atoms with Crippen LogP contribution in [-0.4, -0.2) is 40.7 Å². The maximum Gasteiger partial charge on any atom is 0.411 e. The molecule has 0 bridgehead atoms. The summed E-state index contributed by atoms with van der Waals surface area (Å²) in [5, 5.41) is 0.954. The van der Waals surface area contributed by atoms with E-state index >= 15 is 0 Å². The summed E-state index contributed by atoms with van der Waals surface area (Å²) in [5.74, 6) is 0.311. The number of fused-ring (bicyclic) bond motifs is 1. The summed E-state index contributed by atoms with van der Waals surface area (Å²) in [6.07, 6.45) is 8.13. The first-order valence-corrected chi connectivity index (χ1v) is 10.6. The van der Waals surface area contributed by atoms with Crippen molar-refractivity contribution in [3.63, 3.8) is 0 Å². The number of hydrogen-bond acceptors (Lipinski definition) is 6. The fourth-order valence-corrected chi connectivity index (χ4v) is 5.21. The average molecular weight is 395 g/mol. The van der Waals surface area contributed by atoms with E-state index in [1.807, 2.05) is 31.9 Å². The minimum Gasteiger partial charge on any atom is -0.469 e. The van der Waals surface area contributed by atoms with Gasteiger partial charge in [0.05, 0.1) is 19.6 Å². The van der Waals surface area contributed by atoms with Gasteiger partial charge in [-0.05, 0) is 52.4 Å². The van der Waals surface area contributed by atoms with Gasteiger partial charge in [0, 0.05) is 17.1 Å². The molecule has 3 atom stereocenters. The molecule has 3 rings (SSSR count). The lowest BCUT2D eigenvalue weighted by Crippen LogP contribution is -2.43. The number of likely N-dealkylation sites (tertiary alicyclic amines) is 1. The fraction of sp³-hybridized carbons (Fsp3) is 0.750. The molecule has 1 amide bonds. The maximum absolute atomic E-state index is 13.0. The van der Waals surface area contributed by atoms with Crippen molar-refractivity contribution in [2.45, 2.75) is 83.4 Å². The highest BCUT2D eigenvalue weighted by atomic mass is 32.1. The van der Waals surface area contributed by atoms with E-state index in [0.717, 1.165) is 29.1 Å². The molecule has 6 nitrogen and oxygen atoms in total. The zero-order valence-corrected chi connectivity index (χ0v) is 17.5. The summed E-state index contributed by atoms with van der Waals surface area (Å²) >= 11 is 1.60. The van der Waals surface area contributed by atoms with Crippen molar-refractivity contribution in [2.24, 2.45) is 5.92 Å². The number of hydrogen-bond donors (Lipinski definition) is 0. The van der Waals surface area contributed by atoms with Crippen LogP contribution in [0.2, 0.25) is 0 Å². The predicted molar refractivity (Wildman–Crippen MR) is 104 cm³/mol. The van der Waals surface area contributed by atoms with Gasteiger partial charge in [-0.15, -0.1) is 11.3 Å². The molecule has 1 aliphatic carbocycles. The summed E-state index contributed by atoms with van der Waals surface area (Å²) < 4.78 is 10.4. The zero-order chi connectivity index (χ0) is 19.6. The number of methoxy groups -OCH3 is 1. The molecule has 0 radical (unpaired) electrons. The third kappa shape index (κ3) is 4.81. The average Bonchev–Trinajstić information content (AvgIpc) is 3.22. The number of thiazole rings is 1. The highest BCUT2D eigenvalue weighted by Gasteiger charge is 2.47. The van der Waals surface area contributed by atoms with Crippen LogP contribution in [0.4, 0.5) is 4.79 Å². The molecule has 1 aliphatic heterocycles. The van der Waals surface area contributed by atoms with E-state index in [1.54, 1.807) is 11.3 Å². The molecule has 7 heteroatoms. The van der Waals surface area contributed by atoms with Crippen molar-refractivity contribution >= 4 is 23.4 Å². The van der Waals surface area contributed by atoms with Crippen LogP contribution in [0.15, 0.2) is 6.20 Å². The third-order valence-corrected chi connectivity index (χ3v) is 6.51. The Hall–Kier alpha value is -1.63. The number of carbonyl (C=O) groups excluding carboxylic acids is 2. The standard InChI is InChI=1S/C20H30N2O4S/c1-20(2,3)26-19(24)22-15-8-6-5-7-13(15)11-16(22)18-21-12-14(27-18)9-10-17(23)25-4/h12-13,15-16H,5-11H2,1-4H3/t13-,15-,16-/m0/s1. The highest BCUT2D eigenvalue weighted by Crippen LogP contribution is 2.47. The highest BCUT2D eigenvalue weighted by molar-refractivity contribution is 7.11. The van der Waals surface area contributed by atoms with E-state index in [0.29, 0.717) is 18.8 Å². The van der Waals surface area contributed by atoms with Gasteiger partial charge in [0.1, 0.15) is 10.6 Å². The Bertz CT molecular complexity index is 682. The van der Waals surface area contributed by atoms with Crippen molar-refractivity contribution in [2.75, 3.05) is 7.11 Å². The molecular formula is C20H30N2O4S. The Kier molecular flexibility index (Phi) is 6.08. The van der Waals surface area contributed by atoms with Gasteiger partial charge in [-0.2, -0.15) is 0 Å². The Morgan fingerprint density at radius 2 is 2.04 bits per heavy atom. The Balaban J connectivity index is 1.78. The van der Waals surface area contributed by atoms with Crippen molar-refractivity contribution in [3.8, 4) is 0 Å². The Labute approximate surface area is 165 Å². The second-order valence-corrected chi connectivity index (χ2v) is 9.64. The second-order valence-electron chi connectivity index (χ2n) is 8.49. The largest absolute Gasteiger partial charge is 0.469 e. The van der Waals surface area contributed by atoms with E-state index < -0.39 is 5.60 Å². The molecule has 0 N–H and O–H groups in total. The molecule has 1 saturated heterocycles. The van der Waals surface area contributed by atoms with Crippen LogP contribution < -0.4 is 0 Å². The molecule has 0 spiro atoms. The first-order chi connectivity index (χ1) is 12.8. The molecule has 0 unspecified atom stereocenters. The molecule has 1 aromatic heterocycles. The number of esters is 1. The van der Waals surface area contributed by atoms with Gasteiger partial charge in [0.15, 0.2) is 0 Å². The number of aromatic nitrogens is 1. The number of rotatable bonds is 4. The third-order valence-electron chi connectivity index (χ3n) is 5.35. The van der Waals surface area contributed by atoms with Crippen LogP contribution in [0.3, 0.4) is 0 Å². The molecular weight excluding hydrogens is 364 g/mol. The summed E-state index contributed by atoms with van der Waals surface area (Å²) in [6, 6.07) is 0.228. The molecule has 2 aliphatic rings. The van der Waals surface area contributed by atoms with Gasteiger partial charge in [-0.1, -0.05) is 12.8 Å². The fourth-order valence-electron chi connectivity index (χ4n) is 4.18. The molecule has 0 aromatic carbocycles. The Morgan fingerprint density at radius 1 is 1.30 bits per heavy atom. The van der Waals surface area contributed by atoms with E-state index in [-0.39, 0.29) is 24.1 Å². The normalized spacial score (nSPS) is 25.2. The van der Waals surface area contributed by atoms with Crippen LogP contribution >= 0.6 is 11.3 Å². The number of aryl methyl sites for hydroxylation is 1. The van der Waals surface area contributed by atoms with Gasteiger partial charge in [-0.3, -0.25) is 9.69 Å². The summed E-state index contributed by atoms with van der Waals surface area (Å²) in [4.78, 5) is 32.0. The van der Waals surface area contributed by atoms with E-state index in [1.165, 1.54) is 20.0 Å².